The third kappa shape index (κ3) is 1.71. The summed E-state index contributed by atoms with van der Waals surface area (Å²) in [6.45, 7) is 5.84. The van der Waals surface area contributed by atoms with Crippen LogP contribution in [0.3, 0.4) is 0 Å². The molecule has 0 saturated carbocycles. The van der Waals surface area contributed by atoms with Gasteiger partial charge < -0.3 is 9.30 Å². The van der Waals surface area contributed by atoms with Gasteiger partial charge in [0.15, 0.2) is 0 Å². The van der Waals surface area contributed by atoms with Crippen LogP contribution in [0.15, 0.2) is 0 Å². The van der Waals surface area contributed by atoms with E-state index in [1.165, 1.54) is 0 Å². The third-order valence-electron chi connectivity index (χ3n) is 1.96. The molecule has 0 aromatic carbocycles. The molecular formula is C9H14N2O2. The Hall–Kier alpha value is -1.32. The maximum Gasteiger partial charge on any atom is 0.356 e. The second-order valence-corrected chi connectivity index (χ2v) is 2.87. The van der Waals surface area contributed by atoms with Crippen LogP contribution in [0, 0.1) is 13.8 Å². The van der Waals surface area contributed by atoms with Gasteiger partial charge in [0, 0.05) is 7.05 Å². The van der Waals surface area contributed by atoms with Gasteiger partial charge >= 0.3 is 5.97 Å². The first-order valence-electron chi connectivity index (χ1n) is 4.25. The molecule has 0 spiro atoms. The van der Waals surface area contributed by atoms with Crippen molar-refractivity contribution in [1.29, 1.82) is 0 Å². The molecule has 0 unspecified atom stereocenters. The molecule has 1 aromatic rings. The molecule has 0 bridgehead atoms. The van der Waals surface area contributed by atoms with Gasteiger partial charge in [0.25, 0.3) is 0 Å². The molecular weight excluding hydrogens is 168 g/mol. The molecule has 13 heavy (non-hydrogen) atoms. The highest BCUT2D eigenvalue weighted by Crippen LogP contribution is 2.09. The number of aromatic nitrogens is 2. The summed E-state index contributed by atoms with van der Waals surface area (Å²) in [7, 11) is 1.81. The first-order chi connectivity index (χ1) is 6.07. The second-order valence-electron chi connectivity index (χ2n) is 2.87. The number of rotatable bonds is 2. The van der Waals surface area contributed by atoms with E-state index in [1.54, 1.807) is 18.4 Å². The Morgan fingerprint density at radius 2 is 2.15 bits per heavy atom. The van der Waals surface area contributed by atoms with Crippen molar-refractivity contribution in [3.05, 3.63) is 17.2 Å². The molecule has 1 aromatic heterocycles. The van der Waals surface area contributed by atoms with E-state index in [2.05, 4.69) is 4.98 Å². The van der Waals surface area contributed by atoms with Crippen LogP contribution in [-0.4, -0.2) is 22.1 Å². The highest BCUT2D eigenvalue weighted by Gasteiger charge is 2.16. The lowest BCUT2D eigenvalue weighted by molar-refractivity contribution is 0.0514. The van der Waals surface area contributed by atoms with E-state index < -0.39 is 0 Å². The Morgan fingerprint density at radius 3 is 2.54 bits per heavy atom. The second kappa shape index (κ2) is 3.60. The number of aryl methyl sites for hydroxylation is 2. The average Bonchev–Trinajstić information content (AvgIpc) is 2.27. The molecule has 72 valence electrons. The minimum atomic E-state index is -0.303. The van der Waals surface area contributed by atoms with Crippen LogP contribution in [0.1, 0.15) is 28.9 Å². The number of hydrogen-bond acceptors (Lipinski definition) is 3. The first kappa shape index (κ1) is 9.77. The van der Waals surface area contributed by atoms with Gasteiger partial charge in [-0.15, -0.1) is 0 Å². The summed E-state index contributed by atoms with van der Waals surface area (Å²) in [5, 5.41) is 0. The molecule has 0 fully saturated rings. The van der Waals surface area contributed by atoms with Crippen molar-refractivity contribution in [3.63, 3.8) is 0 Å². The Kier molecular flexibility index (Phi) is 2.70. The van der Waals surface area contributed by atoms with Crippen molar-refractivity contribution in [2.24, 2.45) is 7.05 Å². The number of esters is 1. The Labute approximate surface area is 77.5 Å². The minimum Gasteiger partial charge on any atom is -0.461 e. The predicted molar refractivity (Wildman–Crippen MR) is 48.6 cm³/mol. The van der Waals surface area contributed by atoms with Crippen LogP contribution in [0.4, 0.5) is 0 Å². The number of imidazole rings is 1. The van der Waals surface area contributed by atoms with Gasteiger partial charge in [-0.2, -0.15) is 0 Å². The maximum absolute atomic E-state index is 11.4. The van der Waals surface area contributed by atoms with E-state index in [0.717, 1.165) is 11.5 Å². The van der Waals surface area contributed by atoms with Gasteiger partial charge in [0.1, 0.15) is 11.5 Å². The molecule has 0 aliphatic heterocycles. The molecule has 0 N–H and O–H groups in total. The van der Waals surface area contributed by atoms with Crippen molar-refractivity contribution >= 4 is 5.97 Å². The lowest BCUT2D eigenvalue weighted by atomic mass is 10.3. The van der Waals surface area contributed by atoms with E-state index in [4.69, 9.17) is 4.74 Å². The molecule has 0 atom stereocenters. The Bertz CT molecular complexity index is 329. The highest BCUT2D eigenvalue weighted by molar-refractivity contribution is 5.88. The molecule has 0 aliphatic carbocycles. The fraction of sp³-hybridized carbons (Fsp3) is 0.556. The van der Waals surface area contributed by atoms with Gasteiger partial charge in [-0.1, -0.05) is 0 Å². The zero-order valence-electron chi connectivity index (χ0n) is 8.42. The summed E-state index contributed by atoms with van der Waals surface area (Å²) in [6.07, 6.45) is 0. The zero-order valence-corrected chi connectivity index (χ0v) is 8.42. The summed E-state index contributed by atoms with van der Waals surface area (Å²) >= 11 is 0. The van der Waals surface area contributed by atoms with Gasteiger partial charge in [-0.3, -0.25) is 0 Å². The average molecular weight is 182 g/mol. The van der Waals surface area contributed by atoms with Crippen molar-refractivity contribution in [3.8, 4) is 0 Å². The van der Waals surface area contributed by atoms with Crippen molar-refractivity contribution < 1.29 is 9.53 Å². The molecule has 4 nitrogen and oxygen atoms in total. The summed E-state index contributed by atoms with van der Waals surface area (Å²) < 4.78 is 6.65. The molecule has 1 rings (SSSR count). The standard InChI is InChI=1S/C9H14N2O2/c1-5-13-9(12)8-6(2)10-7(3)11(8)4/h5H2,1-4H3. The number of nitrogens with zero attached hydrogens (tertiary/aromatic N) is 2. The quantitative estimate of drug-likeness (QED) is 0.646. The van der Waals surface area contributed by atoms with Crippen LogP contribution in [0.5, 0.6) is 0 Å². The summed E-state index contributed by atoms with van der Waals surface area (Å²) in [5.41, 5.74) is 1.26. The van der Waals surface area contributed by atoms with Crippen LogP contribution in [-0.2, 0) is 11.8 Å². The van der Waals surface area contributed by atoms with Gasteiger partial charge in [-0.25, -0.2) is 9.78 Å². The Balaban J connectivity index is 3.06. The fourth-order valence-corrected chi connectivity index (χ4v) is 1.26. The van der Waals surface area contributed by atoms with Crippen molar-refractivity contribution in [1.82, 2.24) is 9.55 Å². The molecule has 0 radical (unpaired) electrons. The highest BCUT2D eigenvalue weighted by atomic mass is 16.5. The fourth-order valence-electron chi connectivity index (χ4n) is 1.26. The van der Waals surface area contributed by atoms with Crippen molar-refractivity contribution in [2.45, 2.75) is 20.8 Å². The summed E-state index contributed by atoms with van der Waals surface area (Å²) in [5.74, 6) is 0.517. The first-order valence-corrected chi connectivity index (χ1v) is 4.25. The molecule has 0 saturated heterocycles. The van der Waals surface area contributed by atoms with E-state index in [0.29, 0.717) is 12.3 Å². The van der Waals surface area contributed by atoms with E-state index >= 15 is 0 Å². The smallest absolute Gasteiger partial charge is 0.356 e. The maximum atomic E-state index is 11.4. The van der Waals surface area contributed by atoms with Crippen LogP contribution < -0.4 is 0 Å². The van der Waals surface area contributed by atoms with Gasteiger partial charge in [0.05, 0.1) is 12.3 Å². The van der Waals surface area contributed by atoms with Crippen LogP contribution >= 0.6 is 0 Å². The van der Waals surface area contributed by atoms with Crippen molar-refractivity contribution in [2.75, 3.05) is 6.61 Å². The monoisotopic (exact) mass is 182 g/mol. The summed E-state index contributed by atoms with van der Waals surface area (Å²) in [4.78, 5) is 15.6. The third-order valence-corrected chi connectivity index (χ3v) is 1.96. The molecule has 0 amide bonds. The molecule has 0 aliphatic rings. The largest absolute Gasteiger partial charge is 0.461 e. The lowest BCUT2D eigenvalue weighted by Crippen LogP contribution is -2.11. The zero-order chi connectivity index (χ0) is 10.0. The van der Waals surface area contributed by atoms with Crippen LogP contribution in [0.25, 0.3) is 0 Å². The van der Waals surface area contributed by atoms with E-state index in [9.17, 15) is 4.79 Å². The minimum absolute atomic E-state index is 0.303. The number of ether oxygens (including phenoxy) is 1. The number of hydrogen-bond donors (Lipinski definition) is 0. The topological polar surface area (TPSA) is 44.1 Å². The number of carbonyl (C=O) groups excluding carboxylic acids is 1. The normalized spacial score (nSPS) is 10.2. The Morgan fingerprint density at radius 1 is 1.54 bits per heavy atom. The van der Waals surface area contributed by atoms with Crippen LogP contribution in [0.2, 0.25) is 0 Å². The van der Waals surface area contributed by atoms with Gasteiger partial charge in [0.2, 0.25) is 0 Å². The van der Waals surface area contributed by atoms with E-state index in [-0.39, 0.29) is 5.97 Å². The number of carbonyl (C=O) groups is 1. The molecule has 4 heteroatoms. The van der Waals surface area contributed by atoms with E-state index in [1.807, 2.05) is 14.0 Å². The lowest BCUT2D eigenvalue weighted by Gasteiger charge is -2.03. The SMILES string of the molecule is CCOC(=O)c1c(C)nc(C)n1C. The molecule has 1 heterocycles. The summed E-state index contributed by atoms with van der Waals surface area (Å²) in [6, 6.07) is 0. The predicted octanol–water partition coefficient (Wildman–Crippen LogP) is 1.21. The van der Waals surface area contributed by atoms with Gasteiger partial charge in [-0.05, 0) is 20.8 Å².